The highest BCUT2D eigenvalue weighted by Gasteiger charge is 2.25. The van der Waals surface area contributed by atoms with Crippen molar-refractivity contribution in [2.75, 3.05) is 6.54 Å². The Labute approximate surface area is 129 Å². The zero-order chi connectivity index (χ0) is 15.5. The Balaban J connectivity index is 2.19. The van der Waals surface area contributed by atoms with Crippen molar-refractivity contribution in [3.8, 4) is 5.75 Å². The van der Waals surface area contributed by atoms with E-state index in [9.17, 15) is 5.11 Å². The molecular formula is C15H20ClN3O2. The maximum atomic E-state index is 9.69. The fraction of sp³-hybridized carbons (Fsp3) is 0.467. The molecule has 21 heavy (non-hydrogen) atoms. The second kappa shape index (κ2) is 6.45. The third-order valence-electron chi connectivity index (χ3n) is 2.91. The largest absolute Gasteiger partial charge is 0.490 e. The van der Waals surface area contributed by atoms with Crippen molar-refractivity contribution in [2.24, 2.45) is 0 Å². The van der Waals surface area contributed by atoms with Crippen LogP contribution >= 0.6 is 11.6 Å². The van der Waals surface area contributed by atoms with Gasteiger partial charge in [0.1, 0.15) is 10.9 Å². The van der Waals surface area contributed by atoms with E-state index in [4.69, 9.17) is 21.7 Å². The van der Waals surface area contributed by atoms with Crippen LogP contribution in [0.15, 0.2) is 18.5 Å². The first-order valence-electron chi connectivity index (χ1n) is 6.88. The number of hydrogen-bond acceptors (Lipinski definition) is 5. The van der Waals surface area contributed by atoms with E-state index in [2.05, 4.69) is 10.3 Å². The molecule has 1 aromatic rings. The fourth-order valence-corrected chi connectivity index (χ4v) is 1.85. The van der Waals surface area contributed by atoms with Crippen LogP contribution in [0.5, 0.6) is 5.75 Å². The Morgan fingerprint density at radius 3 is 2.90 bits per heavy atom. The van der Waals surface area contributed by atoms with E-state index < -0.39 is 5.60 Å². The maximum Gasteiger partial charge on any atom is 0.132 e. The molecule has 3 N–H and O–H groups in total. The van der Waals surface area contributed by atoms with Crippen LogP contribution < -0.4 is 10.1 Å². The number of allylic oxidation sites excluding steroid dienone is 1. The molecule has 1 aliphatic carbocycles. The Morgan fingerprint density at radius 1 is 1.62 bits per heavy atom. The van der Waals surface area contributed by atoms with Gasteiger partial charge in [-0.2, -0.15) is 0 Å². The fourth-order valence-electron chi connectivity index (χ4n) is 1.70. The molecule has 1 aromatic heterocycles. The maximum absolute atomic E-state index is 9.69. The van der Waals surface area contributed by atoms with Crippen molar-refractivity contribution in [1.29, 1.82) is 5.41 Å². The normalized spacial score (nSPS) is 15.7. The number of halogens is 1. The third kappa shape index (κ3) is 5.02. The van der Waals surface area contributed by atoms with Crippen LogP contribution in [0.1, 0.15) is 32.3 Å². The predicted octanol–water partition coefficient (Wildman–Crippen LogP) is 2.63. The van der Waals surface area contributed by atoms with Crippen LogP contribution in [0.3, 0.4) is 0 Å². The second-order valence-corrected chi connectivity index (χ2v) is 6.14. The molecule has 0 aromatic carbocycles. The summed E-state index contributed by atoms with van der Waals surface area (Å²) in [5.74, 6) is 0.636. The lowest BCUT2D eigenvalue weighted by molar-refractivity contribution is 0.0836. The molecule has 6 heteroatoms. The molecule has 0 unspecified atom stereocenters. The average Bonchev–Trinajstić information content (AvgIpc) is 3.18. The van der Waals surface area contributed by atoms with Gasteiger partial charge in [0.05, 0.1) is 11.7 Å². The Bertz CT molecular complexity index is 548. The lowest BCUT2D eigenvalue weighted by Crippen LogP contribution is -2.32. The van der Waals surface area contributed by atoms with Crippen molar-refractivity contribution >= 4 is 23.4 Å². The number of nitrogens with one attached hydrogen (secondary N) is 2. The van der Waals surface area contributed by atoms with Crippen LogP contribution in [0.4, 0.5) is 0 Å². The molecule has 1 aliphatic rings. The van der Waals surface area contributed by atoms with E-state index in [0.717, 1.165) is 12.8 Å². The first-order chi connectivity index (χ1) is 9.89. The molecule has 0 bridgehead atoms. The van der Waals surface area contributed by atoms with E-state index in [0.29, 0.717) is 28.6 Å². The Morgan fingerprint density at radius 2 is 2.33 bits per heavy atom. The molecule has 0 saturated heterocycles. The van der Waals surface area contributed by atoms with E-state index in [1.807, 2.05) is 0 Å². The summed E-state index contributed by atoms with van der Waals surface area (Å²) in [5.41, 5.74) is 0.512. The van der Waals surface area contributed by atoms with Gasteiger partial charge in [-0.3, -0.25) is 0 Å². The van der Waals surface area contributed by atoms with Crippen molar-refractivity contribution in [3.63, 3.8) is 0 Å². The molecule has 114 valence electrons. The highest BCUT2D eigenvalue weighted by Crippen LogP contribution is 2.32. The first kappa shape index (κ1) is 15.8. The van der Waals surface area contributed by atoms with Crippen LogP contribution in [-0.2, 0) is 0 Å². The van der Waals surface area contributed by atoms with Crippen molar-refractivity contribution in [1.82, 2.24) is 10.3 Å². The third-order valence-corrected chi connectivity index (χ3v) is 3.12. The predicted molar refractivity (Wildman–Crippen MR) is 84.0 cm³/mol. The Kier molecular flexibility index (Phi) is 4.85. The SMILES string of the molecule is CC(C)(O)CN/C=C(\C=N)c1cnc(Cl)cc1OC1CC1. The van der Waals surface area contributed by atoms with E-state index in [1.165, 1.54) is 6.21 Å². The molecule has 0 aliphatic heterocycles. The number of hydrogen-bond donors (Lipinski definition) is 3. The lowest BCUT2D eigenvalue weighted by Gasteiger charge is -2.17. The molecule has 0 atom stereocenters. The number of ether oxygens (including phenoxy) is 1. The summed E-state index contributed by atoms with van der Waals surface area (Å²) < 4.78 is 5.82. The van der Waals surface area contributed by atoms with Gasteiger partial charge in [-0.05, 0) is 26.7 Å². The summed E-state index contributed by atoms with van der Waals surface area (Å²) in [6.45, 7) is 3.80. The lowest BCUT2D eigenvalue weighted by atomic mass is 10.1. The summed E-state index contributed by atoms with van der Waals surface area (Å²) in [7, 11) is 0. The summed E-state index contributed by atoms with van der Waals surface area (Å²) in [5, 5.41) is 20.6. The molecule has 0 spiro atoms. The first-order valence-corrected chi connectivity index (χ1v) is 7.26. The zero-order valence-electron chi connectivity index (χ0n) is 12.2. The van der Waals surface area contributed by atoms with Crippen LogP contribution in [0.25, 0.3) is 5.57 Å². The van der Waals surface area contributed by atoms with Gasteiger partial charge < -0.3 is 20.6 Å². The number of aromatic nitrogens is 1. The molecule has 0 radical (unpaired) electrons. The number of aliphatic hydroxyl groups is 1. The molecule has 1 heterocycles. The van der Waals surface area contributed by atoms with E-state index >= 15 is 0 Å². The standard InChI is InChI=1S/C15H20ClN3O2/c1-15(2,20)9-18-7-10(6-17)12-8-19-14(16)5-13(12)21-11-3-4-11/h5-8,11,17-18,20H,3-4,9H2,1-2H3/b10-7+,17-6?. The topological polar surface area (TPSA) is 78.2 Å². The van der Waals surface area contributed by atoms with Crippen LogP contribution in [0.2, 0.25) is 5.15 Å². The van der Waals surface area contributed by atoms with E-state index in [1.54, 1.807) is 32.3 Å². The number of pyridine rings is 1. The molecule has 0 amide bonds. The van der Waals surface area contributed by atoms with Crippen molar-refractivity contribution < 1.29 is 9.84 Å². The zero-order valence-corrected chi connectivity index (χ0v) is 12.9. The van der Waals surface area contributed by atoms with Crippen LogP contribution in [-0.4, -0.2) is 34.6 Å². The minimum atomic E-state index is -0.824. The van der Waals surface area contributed by atoms with Crippen LogP contribution in [0, 0.1) is 5.41 Å². The second-order valence-electron chi connectivity index (χ2n) is 5.76. The summed E-state index contributed by atoms with van der Waals surface area (Å²) >= 11 is 5.92. The molecule has 5 nitrogen and oxygen atoms in total. The molecule has 2 rings (SSSR count). The molecule has 1 saturated carbocycles. The minimum absolute atomic E-state index is 0.235. The van der Waals surface area contributed by atoms with E-state index in [-0.39, 0.29) is 6.10 Å². The summed E-state index contributed by atoms with van der Waals surface area (Å²) in [4.78, 5) is 4.06. The van der Waals surface area contributed by atoms with Gasteiger partial charge in [-0.15, -0.1) is 0 Å². The number of rotatable bonds is 7. The highest BCUT2D eigenvalue weighted by atomic mass is 35.5. The highest BCUT2D eigenvalue weighted by molar-refractivity contribution is 6.29. The van der Waals surface area contributed by atoms with Gasteiger partial charge in [0.15, 0.2) is 0 Å². The van der Waals surface area contributed by atoms with Gasteiger partial charge in [0.2, 0.25) is 0 Å². The van der Waals surface area contributed by atoms with Gasteiger partial charge in [-0.1, -0.05) is 11.6 Å². The Hall–Kier alpha value is -1.59. The quantitative estimate of drug-likeness (QED) is 0.534. The molecular weight excluding hydrogens is 290 g/mol. The number of nitrogens with zero attached hydrogens (tertiary/aromatic N) is 1. The smallest absolute Gasteiger partial charge is 0.132 e. The van der Waals surface area contributed by atoms with Crippen molar-refractivity contribution in [3.05, 3.63) is 29.2 Å². The van der Waals surface area contributed by atoms with Gasteiger partial charge >= 0.3 is 0 Å². The summed E-state index contributed by atoms with van der Waals surface area (Å²) in [6.07, 6.45) is 6.82. The monoisotopic (exact) mass is 309 g/mol. The van der Waals surface area contributed by atoms with Crippen molar-refractivity contribution in [2.45, 2.75) is 38.4 Å². The average molecular weight is 310 g/mol. The van der Waals surface area contributed by atoms with Gasteiger partial charge in [0, 0.05) is 42.4 Å². The van der Waals surface area contributed by atoms with Gasteiger partial charge in [0.25, 0.3) is 0 Å². The summed E-state index contributed by atoms with van der Waals surface area (Å²) in [6, 6.07) is 1.67. The van der Waals surface area contributed by atoms with Gasteiger partial charge in [-0.25, -0.2) is 4.98 Å². The minimum Gasteiger partial charge on any atom is -0.490 e. The molecule has 1 fully saturated rings.